The molecule has 0 bridgehead atoms. The van der Waals surface area contributed by atoms with Crippen molar-refractivity contribution in [3.8, 4) is 5.75 Å². The molecule has 0 amide bonds. The van der Waals surface area contributed by atoms with Gasteiger partial charge < -0.3 is 14.6 Å². The highest BCUT2D eigenvalue weighted by molar-refractivity contribution is 5.45. The molecule has 0 radical (unpaired) electrons. The summed E-state index contributed by atoms with van der Waals surface area (Å²) in [7, 11) is 1.27. The molecule has 6 heteroatoms. The van der Waals surface area contributed by atoms with Crippen molar-refractivity contribution in [2.75, 3.05) is 13.9 Å². The molecule has 22 heavy (non-hydrogen) atoms. The first-order valence-corrected chi connectivity index (χ1v) is 7.37. The van der Waals surface area contributed by atoms with E-state index < -0.39 is 19.1 Å². The van der Waals surface area contributed by atoms with Crippen LogP contribution in [0.3, 0.4) is 0 Å². The summed E-state index contributed by atoms with van der Waals surface area (Å²) in [4.78, 5) is 0. The number of benzene rings is 1. The Kier molecular flexibility index (Phi) is 7.16. The number of hydrogen-bond acceptors (Lipinski definition) is 3. The van der Waals surface area contributed by atoms with Crippen molar-refractivity contribution in [1.82, 2.24) is 0 Å². The first-order chi connectivity index (χ1) is 10.3. The molecule has 0 heterocycles. The molecular weight excluding hydrogens is 297 g/mol. The molecule has 0 aliphatic carbocycles. The van der Waals surface area contributed by atoms with Gasteiger partial charge >= 0.3 is 6.18 Å². The SMILES string of the molecule is CCCc1cc(C(OCOC)C(F)(F)F)cc(CCC)c1O. The standard InChI is InChI=1S/C16H23F3O3/c1-4-6-11-8-13(9-12(7-5-2)14(11)20)15(16(17,18)19)22-10-21-3/h8-9,15,20H,4-7,10H2,1-3H3. The largest absolute Gasteiger partial charge is 0.507 e. The Morgan fingerprint density at radius 3 is 1.95 bits per heavy atom. The number of aryl methyl sites for hydroxylation is 2. The lowest BCUT2D eigenvalue weighted by molar-refractivity contribution is -0.243. The Bertz CT molecular complexity index is 445. The molecule has 1 rings (SSSR count). The zero-order valence-corrected chi connectivity index (χ0v) is 13.2. The second-order valence-electron chi connectivity index (χ2n) is 5.18. The van der Waals surface area contributed by atoms with Gasteiger partial charge in [0, 0.05) is 7.11 Å². The summed E-state index contributed by atoms with van der Waals surface area (Å²) in [5.74, 6) is 0.0973. The van der Waals surface area contributed by atoms with E-state index in [4.69, 9.17) is 4.74 Å². The van der Waals surface area contributed by atoms with E-state index >= 15 is 0 Å². The van der Waals surface area contributed by atoms with E-state index in [2.05, 4.69) is 4.74 Å². The maximum Gasteiger partial charge on any atom is 0.418 e. The smallest absolute Gasteiger partial charge is 0.418 e. The van der Waals surface area contributed by atoms with E-state index in [9.17, 15) is 18.3 Å². The van der Waals surface area contributed by atoms with Gasteiger partial charge in [-0.15, -0.1) is 0 Å². The van der Waals surface area contributed by atoms with Crippen LogP contribution in [0.2, 0.25) is 0 Å². The van der Waals surface area contributed by atoms with Gasteiger partial charge in [-0.05, 0) is 41.7 Å². The molecule has 0 spiro atoms. The zero-order chi connectivity index (χ0) is 16.8. The molecule has 0 fully saturated rings. The number of aromatic hydroxyl groups is 1. The topological polar surface area (TPSA) is 38.7 Å². The van der Waals surface area contributed by atoms with Crippen molar-refractivity contribution >= 4 is 0 Å². The van der Waals surface area contributed by atoms with Crippen LogP contribution in [0.25, 0.3) is 0 Å². The van der Waals surface area contributed by atoms with Gasteiger partial charge in [-0.25, -0.2) is 0 Å². The van der Waals surface area contributed by atoms with Crippen molar-refractivity contribution in [2.24, 2.45) is 0 Å². The van der Waals surface area contributed by atoms with Gasteiger partial charge in [0.05, 0.1) is 0 Å². The number of phenolic OH excluding ortho intramolecular Hbond substituents is 1. The zero-order valence-electron chi connectivity index (χ0n) is 13.2. The summed E-state index contributed by atoms with van der Waals surface area (Å²) in [5, 5.41) is 10.2. The van der Waals surface area contributed by atoms with Gasteiger partial charge in [-0.3, -0.25) is 0 Å². The van der Waals surface area contributed by atoms with Gasteiger partial charge in [0.1, 0.15) is 12.5 Å². The van der Waals surface area contributed by atoms with Crippen LogP contribution in [0.15, 0.2) is 12.1 Å². The lowest BCUT2D eigenvalue weighted by Crippen LogP contribution is -2.24. The average molecular weight is 320 g/mol. The summed E-state index contributed by atoms with van der Waals surface area (Å²) >= 11 is 0. The van der Waals surface area contributed by atoms with Gasteiger partial charge in [0.2, 0.25) is 0 Å². The van der Waals surface area contributed by atoms with Crippen LogP contribution < -0.4 is 0 Å². The molecular formula is C16H23F3O3. The molecule has 1 aromatic carbocycles. The van der Waals surface area contributed by atoms with E-state index in [1.54, 1.807) is 0 Å². The molecule has 0 saturated carbocycles. The lowest BCUT2D eigenvalue weighted by atomic mass is 9.95. The highest BCUT2D eigenvalue weighted by Crippen LogP contribution is 2.39. The summed E-state index contributed by atoms with van der Waals surface area (Å²) in [6, 6.07) is 2.76. The van der Waals surface area contributed by atoms with Crippen LogP contribution in [-0.4, -0.2) is 25.2 Å². The van der Waals surface area contributed by atoms with Gasteiger partial charge in [-0.2, -0.15) is 13.2 Å². The summed E-state index contributed by atoms with van der Waals surface area (Å²) < 4.78 is 49.1. The van der Waals surface area contributed by atoms with Crippen LogP contribution in [-0.2, 0) is 22.3 Å². The highest BCUT2D eigenvalue weighted by Gasteiger charge is 2.42. The maximum absolute atomic E-state index is 13.2. The second kappa shape index (κ2) is 8.39. The van der Waals surface area contributed by atoms with Crippen molar-refractivity contribution < 1.29 is 27.8 Å². The molecule has 1 atom stereocenters. The first kappa shape index (κ1) is 18.8. The third-order valence-electron chi connectivity index (χ3n) is 3.28. The van der Waals surface area contributed by atoms with Crippen molar-refractivity contribution in [3.05, 3.63) is 28.8 Å². The number of methoxy groups -OCH3 is 1. The van der Waals surface area contributed by atoms with Crippen molar-refractivity contribution in [1.29, 1.82) is 0 Å². The molecule has 1 N–H and O–H groups in total. The monoisotopic (exact) mass is 320 g/mol. The predicted molar refractivity (Wildman–Crippen MR) is 77.9 cm³/mol. The fourth-order valence-corrected chi connectivity index (χ4v) is 2.37. The maximum atomic E-state index is 13.2. The van der Waals surface area contributed by atoms with Crippen LogP contribution in [0.1, 0.15) is 49.5 Å². The first-order valence-electron chi connectivity index (χ1n) is 7.37. The Morgan fingerprint density at radius 2 is 1.59 bits per heavy atom. The third kappa shape index (κ3) is 4.88. The average Bonchev–Trinajstić information content (AvgIpc) is 2.43. The van der Waals surface area contributed by atoms with Crippen LogP contribution in [0, 0.1) is 0 Å². The molecule has 1 unspecified atom stereocenters. The third-order valence-corrected chi connectivity index (χ3v) is 3.28. The molecule has 0 saturated heterocycles. The van der Waals surface area contributed by atoms with Crippen LogP contribution in [0.4, 0.5) is 13.2 Å². The lowest BCUT2D eigenvalue weighted by Gasteiger charge is -2.23. The fourth-order valence-electron chi connectivity index (χ4n) is 2.37. The molecule has 126 valence electrons. The van der Waals surface area contributed by atoms with Gasteiger partial charge in [-0.1, -0.05) is 26.7 Å². The molecule has 0 aliphatic heterocycles. The highest BCUT2D eigenvalue weighted by atomic mass is 19.4. The van der Waals surface area contributed by atoms with Crippen LogP contribution >= 0.6 is 0 Å². The minimum absolute atomic E-state index is 0.00856. The van der Waals surface area contributed by atoms with E-state index in [-0.39, 0.29) is 11.3 Å². The van der Waals surface area contributed by atoms with Crippen LogP contribution in [0.5, 0.6) is 5.75 Å². The molecule has 0 aliphatic rings. The van der Waals surface area contributed by atoms with Crippen molar-refractivity contribution in [3.63, 3.8) is 0 Å². The normalized spacial score (nSPS) is 13.4. The predicted octanol–water partition coefficient (Wildman–Crippen LogP) is 4.52. The summed E-state index contributed by atoms with van der Waals surface area (Å²) in [5.41, 5.74) is 1.06. The number of alkyl halides is 3. The molecule has 0 aromatic heterocycles. The van der Waals surface area contributed by atoms with Gasteiger partial charge in [0.15, 0.2) is 6.10 Å². The molecule has 3 nitrogen and oxygen atoms in total. The Balaban J connectivity index is 3.28. The minimum atomic E-state index is -4.54. The number of phenols is 1. The summed E-state index contributed by atoms with van der Waals surface area (Å²) in [6.07, 6.45) is -4.09. The number of hydrogen-bond donors (Lipinski definition) is 1. The molecule has 1 aromatic rings. The minimum Gasteiger partial charge on any atom is -0.507 e. The number of ether oxygens (including phenoxy) is 2. The van der Waals surface area contributed by atoms with Crippen molar-refractivity contribution in [2.45, 2.75) is 51.8 Å². The number of halogens is 3. The van der Waals surface area contributed by atoms with E-state index in [0.29, 0.717) is 24.0 Å². The van der Waals surface area contributed by atoms with Gasteiger partial charge in [0.25, 0.3) is 0 Å². The quantitative estimate of drug-likeness (QED) is 0.716. The second-order valence-corrected chi connectivity index (χ2v) is 5.18. The van der Waals surface area contributed by atoms with E-state index in [1.165, 1.54) is 19.2 Å². The van der Waals surface area contributed by atoms with E-state index in [0.717, 1.165) is 12.8 Å². The Hall–Kier alpha value is -1.27. The number of rotatable bonds is 8. The Labute approximate surface area is 129 Å². The van der Waals surface area contributed by atoms with E-state index in [1.807, 2.05) is 13.8 Å². The Morgan fingerprint density at radius 1 is 1.09 bits per heavy atom. The summed E-state index contributed by atoms with van der Waals surface area (Å²) in [6.45, 7) is 3.37. The fraction of sp³-hybridized carbons (Fsp3) is 0.625.